The van der Waals surface area contributed by atoms with E-state index in [2.05, 4.69) is 120 Å². The fourth-order valence-electron chi connectivity index (χ4n) is 7.78. The van der Waals surface area contributed by atoms with Crippen molar-refractivity contribution in [1.82, 2.24) is 24.6 Å². The van der Waals surface area contributed by atoms with Crippen LogP contribution in [0.2, 0.25) is 0 Å². The first kappa shape index (κ1) is 36.4. The molecule has 7 heteroatoms. The molecule has 45 heavy (non-hydrogen) atoms. The first-order valence-electron chi connectivity index (χ1n) is 18.2. The van der Waals surface area contributed by atoms with Gasteiger partial charge in [-0.15, -0.1) is 0 Å². The predicted octanol–water partition coefficient (Wildman–Crippen LogP) is 6.73. The Hall–Kier alpha value is -1.41. The zero-order chi connectivity index (χ0) is 33.2. The van der Waals surface area contributed by atoms with Crippen molar-refractivity contribution in [2.45, 2.75) is 126 Å². The number of pyridine rings is 1. The molecule has 4 rings (SSSR count). The molecule has 7 nitrogen and oxygen atoms in total. The molecule has 3 saturated heterocycles. The van der Waals surface area contributed by atoms with E-state index in [4.69, 9.17) is 9.72 Å². The Morgan fingerprint density at radius 2 is 1.40 bits per heavy atom. The van der Waals surface area contributed by atoms with Crippen molar-refractivity contribution in [2.75, 3.05) is 77.0 Å². The van der Waals surface area contributed by atoms with Crippen LogP contribution in [0.25, 0.3) is 0 Å². The lowest BCUT2D eigenvalue weighted by Crippen LogP contribution is -2.60. The summed E-state index contributed by atoms with van der Waals surface area (Å²) in [6, 6.07) is 7.57. The second-order valence-corrected chi connectivity index (χ2v) is 18.4. The monoisotopic (exact) mass is 627 g/mol. The summed E-state index contributed by atoms with van der Waals surface area (Å²) in [5.41, 5.74) is 0.902. The van der Waals surface area contributed by atoms with Gasteiger partial charge in [-0.2, -0.15) is 4.98 Å². The quantitative estimate of drug-likeness (QED) is 0.285. The summed E-state index contributed by atoms with van der Waals surface area (Å²) < 4.78 is 6.00. The maximum atomic E-state index is 6.00. The van der Waals surface area contributed by atoms with Crippen LogP contribution >= 0.6 is 0 Å². The van der Waals surface area contributed by atoms with Gasteiger partial charge in [0.05, 0.1) is 6.61 Å². The number of rotatable bonds is 10. The van der Waals surface area contributed by atoms with Crippen LogP contribution < -0.4 is 9.64 Å². The van der Waals surface area contributed by atoms with Gasteiger partial charge in [-0.1, -0.05) is 47.6 Å². The third kappa shape index (κ3) is 10.3. The maximum Gasteiger partial charge on any atom is 0.215 e. The molecule has 258 valence electrons. The van der Waals surface area contributed by atoms with E-state index >= 15 is 0 Å². The van der Waals surface area contributed by atoms with Crippen molar-refractivity contribution in [3.05, 3.63) is 18.2 Å². The summed E-state index contributed by atoms with van der Waals surface area (Å²) in [6.45, 7) is 40.8. The number of piperidine rings is 1. The average molecular weight is 627 g/mol. The average Bonchev–Trinajstić information content (AvgIpc) is 2.96. The molecule has 0 N–H and O–H groups in total. The first-order chi connectivity index (χ1) is 20.8. The number of aromatic nitrogens is 1. The van der Waals surface area contributed by atoms with Crippen molar-refractivity contribution in [1.29, 1.82) is 0 Å². The molecule has 3 atom stereocenters. The minimum atomic E-state index is 0.124. The van der Waals surface area contributed by atoms with Crippen LogP contribution in [0.3, 0.4) is 0 Å². The summed E-state index contributed by atoms with van der Waals surface area (Å²) in [5, 5.41) is 0. The van der Waals surface area contributed by atoms with Gasteiger partial charge in [0.2, 0.25) is 5.88 Å². The van der Waals surface area contributed by atoms with E-state index in [1.54, 1.807) is 0 Å². The zero-order valence-corrected chi connectivity index (χ0v) is 31.5. The molecule has 0 saturated carbocycles. The van der Waals surface area contributed by atoms with Crippen LogP contribution in [-0.2, 0) is 0 Å². The lowest BCUT2D eigenvalue weighted by Gasteiger charge is -2.51. The Kier molecular flexibility index (Phi) is 11.6. The molecule has 3 aliphatic rings. The molecular formula is C38H70N6O. The fourth-order valence-corrected chi connectivity index (χ4v) is 7.78. The van der Waals surface area contributed by atoms with Gasteiger partial charge in [-0.05, 0) is 83.6 Å². The highest BCUT2D eigenvalue weighted by atomic mass is 16.5. The largest absolute Gasteiger partial charge is 0.477 e. The molecule has 1 aromatic rings. The number of ether oxygens (including phenoxy) is 1. The van der Waals surface area contributed by atoms with Crippen molar-refractivity contribution in [3.63, 3.8) is 0 Å². The minimum absolute atomic E-state index is 0.124. The molecular weight excluding hydrogens is 556 g/mol. The van der Waals surface area contributed by atoms with Crippen LogP contribution in [0.15, 0.2) is 18.2 Å². The molecule has 0 spiro atoms. The van der Waals surface area contributed by atoms with Gasteiger partial charge in [-0.25, -0.2) is 0 Å². The standard InChI is InChI=1S/C38H70N6O/c1-30-27-42(31(2)26-32(30)40-18-22-43(23-19-40)36(6,7)8)28-37(9,10)16-17-38(11,12)44-24-20-41(21-25-44)33-14-13-15-34(39-33)45-29-35(3,4)5/h13-15,30-32H,16-29H2,1-12H3/t30-,31+,32?/m0/s1. The molecule has 3 aliphatic heterocycles. The highest BCUT2D eigenvalue weighted by Gasteiger charge is 2.39. The maximum absolute atomic E-state index is 6.00. The molecule has 0 bridgehead atoms. The minimum Gasteiger partial charge on any atom is -0.477 e. The van der Waals surface area contributed by atoms with Gasteiger partial charge in [0, 0.05) is 94.7 Å². The number of piperazine rings is 2. The second kappa shape index (κ2) is 14.4. The third-order valence-electron chi connectivity index (χ3n) is 11.0. The van der Waals surface area contributed by atoms with E-state index < -0.39 is 0 Å². The Bertz CT molecular complexity index is 1060. The van der Waals surface area contributed by atoms with E-state index in [-0.39, 0.29) is 16.5 Å². The van der Waals surface area contributed by atoms with Crippen LogP contribution in [0, 0.1) is 16.7 Å². The molecule has 3 fully saturated rings. The van der Waals surface area contributed by atoms with Crippen LogP contribution in [-0.4, -0.2) is 120 Å². The van der Waals surface area contributed by atoms with E-state index in [9.17, 15) is 0 Å². The number of hydrogen-bond donors (Lipinski definition) is 0. The summed E-state index contributed by atoms with van der Waals surface area (Å²) in [6.07, 6.45) is 3.79. The Balaban J connectivity index is 1.23. The Labute approximate surface area is 278 Å². The Morgan fingerprint density at radius 3 is 2.00 bits per heavy atom. The van der Waals surface area contributed by atoms with Crippen molar-refractivity contribution < 1.29 is 4.74 Å². The third-order valence-corrected chi connectivity index (χ3v) is 11.0. The van der Waals surface area contributed by atoms with E-state index in [0.717, 1.165) is 49.8 Å². The number of nitrogens with zero attached hydrogens (tertiary/aromatic N) is 6. The molecule has 4 heterocycles. The molecule has 0 amide bonds. The lowest BCUT2D eigenvalue weighted by molar-refractivity contribution is -0.0206. The van der Waals surface area contributed by atoms with Crippen LogP contribution in [0.1, 0.15) is 102 Å². The predicted molar refractivity (Wildman–Crippen MR) is 192 cm³/mol. The highest BCUT2D eigenvalue weighted by molar-refractivity contribution is 5.41. The number of anilines is 1. The summed E-state index contributed by atoms with van der Waals surface area (Å²) in [4.78, 5) is 18.3. The Morgan fingerprint density at radius 1 is 0.778 bits per heavy atom. The van der Waals surface area contributed by atoms with Crippen molar-refractivity contribution >= 4 is 5.82 Å². The topological polar surface area (TPSA) is 38.3 Å². The second-order valence-electron chi connectivity index (χ2n) is 18.4. The normalized spacial score (nSPS) is 26.0. The SMILES string of the molecule is C[C@@H]1CC(N2CCN(C(C)(C)C)CC2)[C@@H](C)CN1CC(C)(C)CCC(C)(C)N1CCN(c2cccc(OCC(C)(C)C)n2)CC1. The van der Waals surface area contributed by atoms with Crippen molar-refractivity contribution in [2.24, 2.45) is 16.7 Å². The van der Waals surface area contributed by atoms with Gasteiger partial charge in [0.1, 0.15) is 5.82 Å². The van der Waals surface area contributed by atoms with Gasteiger partial charge in [0.15, 0.2) is 0 Å². The summed E-state index contributed by atoms with van der Waals surface area (Å²) in [7, 11) is 0. The molecule has 1 unspecified atom stereocenters. The highest BCUT2D eigenvalue weighted by Crippen LogP contribution is 2.35. The van der Waals surface area contributed by atoms with E-state index in [1.807, 2.05) is 6.07 Å². The molecule has 1 aromatic heterocycles. The number of hydrogen-bond acceptors (Lipinski definition) is 7. The van der Waals surface area contributed by atoms with Gasteiger partial charge >= 0.3 is 0 Å². The van der Waals surface area contributed by atoms with Gasteiger partial charge in [-0.3, -0.25) is 19.6 Å². The van der Waals surface area contributed by atoms with Crippen LogP contribution in [0.4, 0.5) is 5.82 Å². The fraction of sp³-hybridized carbons (Fsp3) is 0.868. The molecule has 0 aromatic carbocycles. The van der Waals surface area contributed by atoms with Gasteiger partial charge in [0.25, 0.3) is 0 Å². The van der Waals surface area contributed by atoms with E-state index in [1.165, 1.54) is 58.5 Å². The van der Waals surface area contributed by atoms with Crippen LogP contribution in [0.5, 0.6) is 5.88 Å². The smallest absolute Gasteiger partial charge is 0.215 e. The zero-order valence-electron chi connectivity index (χ0n) is 31.5. The summed E-state index contributed by atoms with van der Waals surface area (Å²) >= 11 is 0. The molecule has 0 radical (unpaired) electrons. The van der Waals surface area contributed by atoms with Crippen molar-refractivity contribution in [3.8, 4) is 5.88 Å². The van der Waals surface area contributed by atoms with E-state index in [0.29, 0.717) is 18.1 Å². The lowest BCUT2D eigenvalue weighted by atomic mass is 9.80. The molecule has 0 aliphatic carbocycles. The number of likely N-dealkylation sites (tertiary alicyclic amines) is 1. The summed E-state index contributed by atoms with van der Waals surface area (Å²) in [5.74, 6) is 2.50. The first-order valence-corrected chi connectivity index (χ1v) is 18.2. The van der Waals surface area contributed by atoms with Gasteiger partial charge < -0.3 is 9.64 Å².